The van der Waals surface area contributed by atoms with Crippen LogP contribution in [-0.2, 0) is 23.6 Å². The zero-order valence-corrected chi connectivity index (χ0v) is 14.7. The van der Waals surface area contributed by atoms with Gasteiger partial charge in [-0.25, -0.2) is 8.51 Å². The summed E-state index contributed by atoms with van der Waals surface area (Å²) >= 11 is 0. The Hall–Kier alpha value is -0.880. The molecule has 0 aromatic heterocycles. The number of hydrogen-bond acceptors (Lipinski definition) is 1. The predicted molar refractivity (Wildman–Crippen MR) is 84.9 cm³/mol. The van der Waals surface area contributed by atoms with E-state index in [1.807, 2.05) is 27.7 Å². The van der Waals surface area contributed by atoms with Crippen LogP contribution in [-0.4, -0.2) is 20.3 Å². The minimum Gasteiger partial charge on any atom is -0.242 e. The zero-order chi connectivity index (χ0) is 17.3. The lowest BCUT2D eigenvalue weighted by Crippen LogP contribution is -2.36. The largest absolute Gasteiger partial charge is 0.416 e. The average Bonchev–Trinajstić information content (AvgIpc) is 2.42. The van der Waals surface area contributed by atoms with Crippen molar-refractivity contribution in [2.45, 2.75) is 58.0 Å². The molecule has 0 amide bonds. The molecule has 22 heavy (non-hydrogen) atoms. The van der Waals surface area contributed by atoms with E-state index in [1.54, 1.807) is 24.3 Å². The van der Waals surface area contributed by atoms with E-state index in [0.29, 0.717) is 17.5 Å². The number of nitrogens with zero attached hydrogens (tertiary/aromatic N) is 1. The molecule has 0 spiro atoms. The molecule has 0 unspecified atom stereocenters. The first-order chi connectivity index (χ1) is 9.87. The SMILES string of the molecule is CCc1cc([C@@H](C)N(C)[S@](=O)C(C)(C)C)cc(C(F)(F)F)c1. The summed E-state index contributed by atoms with van der Waals surface area (Å²) in [7, 11) is 0.382. The molecule has 1 aromatic rings. The molecule has 0 aliphatic carbocycles. The molecule has 1 aromatic carbocycles. The average molecular weight is 335 g/mol. The second-order valence-electron chi connectivity index (χ2n) is 6.40. The first-order valence-corrected chi connectivity index (χ1v) is 8.34. The Balaban J connectivity index is 3.23. The molecule has 0 fully saturated rings. The van der Waals surface area contributed by atoms with Crippen LogP contribution in [0.3, 0.4) is 0 Å². The molecule has 2 atom stereocenters. The van der Waals surface area contributed by atoms with Crippen molar-refractivity contribution in [3.8, 4) is 0 Å². The van der Waals surface area contributed by atoms with Crippen LogP contribution < -0.4 is 0 Å². The van der Waals surface area contributed by atoms with Crippen molar-refractivity contribution in [2.24, 2.45) is 0 Å². The molecule has 0 aliphatic rings. The first kappa shape index (κ1) is 19.2. The third-order valence-electron chi connectivity index (χ3n) is 3.56. The van der Waals surface area contributed by atoms with Gasteiger partial charge in [0.2, 0.25) is 0 Å². The molecule has 0 bridgehead atoms. The highest BCUT2D eigenvalue weighted by Crippen LogP contribution is 2.34. The van der Waals surface area contributed by atoms with Crippen molar-refractivity contribution >= 4 is 11.0 Å². The second-order valence-corrected chi connectivity index (χ2v) is 8.70. The van der Waals surface area contributed by atoms with Gasteiger partial charge in [-0.05, 0) is 57.4 Å². The van der Waals surface area contributed by atoms with E-state index in [-0.39, 0.29) is 6.04 Å². The molecule has 2 nitrogen and oxygen atoms in total. The van der Waals surface area contributed by atoms with Crippen molar-refractivity contribution in [1.82, 2.24) is 4.31 Å². The van der Waals surface area contributed by atoms with Crippen molar-refractivity contribution in [3.05, 3.63) is 34.9 Å². The number of aryl methyl sites for hydroxylation is 1. The second kappa shape index (κ2) is 6.71. The number of hydrogen-bond donors (Lipinski definition) is 0. The fourth-order valence-electron chi connectivity index (χ4n) is 2.11. The first-order valence-electron chi connectivity index (χ1n) is 7.23. The maximum atomic E-state index is 13.0. The van der Waals surface area contributed by atoms with Crippen LogP contribution in [0.25, 0.3) is 0 Å². The van der Waals surface area contributed by atoms with Crippen molar-refractivity contribution < 1.29 is 17.4 Å². The van der Waals surface area contributed by atoms with Crippen molar-refractivity contribution in [2.75, 3.05) is 7.05 Å². The summed E-state index contributed by atoms with van der Waals surface area (Å²) in [5, 5.41) is 0. The molecule has 0 saturated carbocycles. The fourth-order valence-corrected chi connectivity index (χ4v) is 3.39. The van der Waals surface area contributed by atoms with Crippen LogP contribution in [0.2, 0.25) is 0 Å². The number of rotatable bonds is 4. The lowest BCUT2D eigenvalue weighted by molar-refractivity contribution is -0.137. The highest BCUT2D eigenvalue weighted by Gasteiger charge is 2.33. The van der Waals surface area contributed by atoms with Gasteiger partial charge >= 0.3 is 6.18 Å². The van der Waals surface area contributed by atoms with E-state index in [1.165, 1.54) is 6.07 Å². The van der Waals surface area contributed by atoms with Crippen LogP contribution in [0, 0.1) is 0 Å². The normalized spacial score (nSPS) is 15.9. The van der Waals surface area contributed by atoms with E-state index >= 15 is 0 Å². The molecule has 0 heterocycles. The molecule has 0 N–H and O–H groups in total. The highest BCUT2D eigenvalue weighted by molar-refractivity contribution is 7.84. The summed E-state index contributed by atoms with van der Waals surface area (Å²) in [5.74, 6) is 0. The number of benzene rings is 1. The van der Waals surface area contributed by atoms with Gasteiger partial charge in [-0.2, -0.15) is 13.2 Å². The van der Waals surface area contributed by atoms with E-state index in [4.69, 9.17) is 0 Å². The maximum absolute atomic E-state index is 13.0. The fraction of sp³-hybridized carbons (Fsp3) is 0.625. The van der Waals surface area contributed by atoms with Crippen molar-refractivity contribution in [3.63, 3.8) is 0 Å². The summed E-state index contributed by atoms with van der Waals surface area (Å²) in [5.41, 5.74) is 0.516. The number of alkyl halides is 3. The topological polar surface area (TPSA) is 20.3 Å². The van der Waals surface area contributed by atoms with Crippen LogP contribution >= 0.6 is 0 Å². The van der Waals surface area contributed by atoms with E-state index < -0.39 is 27.5 Å². The molecule has 1 rings (SSSR count). The Kier molecular flexibility index (Phi) is 5.84. The van der Waals surface area contributed by atoms with Gasteiger partial charge in [0.25, 0.3) is 0 Å². The Bertz CT molecular complexity index is 549. The molecule has 0 saturated heterocycles. The van der Waals surface area contributed by atoms with Gasteiger partial charge in [-0.1, -0.05) is 13.0 Å². The van der Waals surface area contributed by atoms with Crippen LogP contribution in [0.5, 0.6) is 0 Å². The zero-order valence-electron chi connectivity index (χ0n) is 13.9. The monoisotopic (exact) mass is 335 g/mol. The summed E-state index contributed by atoms with van der Waals surface area (Å²) in [6.45, 7) is 9.13. The molecule has 0 radical (unpaired) electrons. The Morgan fingerprint density at radius 1 is 1.18 bits per heavy atom. The third-order valence-corrected chi connectivity index (χ3v) is 5.45. The van der Waals surface area contributed by atoms with E-state index in [0.717, 1.165) is 6.07 Å². The summed E-state index contributed by atoms with van der Waals surface area (Å²) in [6, 6.07) is 3.72. The molecule has 6 heteroatoms. The predicted octanol–water partition coefficient (Wildman–Crippen LogP) is 4.72. The third kappa shape index (κ3) is 4.56. The Morgan fingerprint density at radius 3 is 2.14 bits per heavy atom. The highest BCUT2D eigenvalue weighted by atomic mass is 32.2. The van der Waals surface area contributed by atoms with Crippen LogP contribution in [0.1, 0.15) is 57.4 Å². The van der Waals surface area contributed by atoms with Gasteiger partial charge in [0.1, 0.15) is 0 Å². The van der Waals surface area contributed by atoms with Gasteiger partial charge in [-0.15, -0.1) is 0 Å². The van der Waals surface area contributed by atoms with E-state index in [2.05, 4.69) is 0 Å². The molecular weight excluding hydrogens is 311 g/mol. The lowest BCUT2D eigenvalue weighted by atomic mass is 9.99. The number of halogens is 3. The Labute approximate surface area is 133 Å². The van der Waals surface area contributed by atoms with Gasteiger partial charge in [-0.3, -0.25) is 0 Å². The summed E-state index contributed by atoms with van der Waals surface area (Å²) < 4.78 is 52.7. The van der Waals surface area contributed by atoms with Crippen molar-refractivity contribution in [1.29, 1.82) is 0 Å². The Morgan fingerprint density at radius 2 is 1.73 bits per heavy atom. The van der Waals surface area contributed by atoms with Gasteiger partial charge in [0.05, 0.1) is 21.3 Å². The quantitative estimate of drug-likeness (QED) is 0.779. The van der Waals surface area contributed by atoms with Crippen LogP contribution in [0.15, 0.2) is 18.2 Å². The lowest BCUT2D eigenvalue weighted by Gasteiger charge is -2.31. The smallest absolute Gasteiger partial charge is 0.242 e. The summed E-state index contributed by atoms with van der Waals surface area (Å²) in [6.07, 6.45) is -3.85. The van der Waals surface area contributed by atoms with Crippen LogP contribution in [0.4, 0.5) is 13.2 Å². The molecular formula is C16H24F3NOS. The minimum absolute atomic E-state index is 0.368. The van der Waals surface area contributed by atoms with E-state index in [9.17, 15) is 17.4 Å². The minimum atomic E-state index is -4.37. The van der Waals surface area contributed by atoms with Gasteiger partial charge in [0.15, 0.2) is 0 Å². The maximum Gasteiger partial charge on any atom is 0.416 e. The van der Waals surface area contributed by atoms with Gasteiger partial charge in [0, 0.05) is 13.1 Å². The molecule has 0 aliphatic heterocycles. The molecule has 126 valence electrons. The van der Waals surface area contributed by atoms with Gasteiger partial charge < -0.3 is 0 Å². The standard InChI is InChI=1S/C16H24F3NOS/c1-7-12-8-13(10-14(9-12)16(17,18)19)11(2)20(6)22(21)15(3,4)5/h8-11H,7H2,1-6H3/t11-,22-/m1/s1. The summed E-state index contributed by atoms with van der Waals surface area (Å²) in [4.78, 5) is 0.